The fraction of sp³-hybridized carbons (Fsp3) is 0.125. The van der Waals surface area contributed by atoms with Crippen molar-refractivity contribution in [2.75, 3.05) is 6.61 Å². The molecule has 1 aromatic heterocycles. The first-order chi connectivity index (χ1) is 9.88. The molecule has 3 aromatic rings. The van der Waals surface area contributed by atoms with Crippen LogP contribution in [0.25, 0.3) is 17.1 Å². The maximum Gasteiger partial charge on any atom is 0.168 e. The Bertz CT molecular complexity index is 674. The Balaban J connectivity index is 1.97. The van der Waals surface area contributed by atoms with E-state index in [0.29, 0.717) is 6.61 Å². The van der Waals surface area contributed by atoms with Gasteiger partial charge in [-0.25, -0.2) is 0 Å². The van der Waals surface area contributed by atoms with E-state index in [1.165, 1.54) is 0 Å². The van der Waals surface area contributed by atoms with Crippen molar-refractivity contribution < 1.29 is 4.74 Å². The quantitative estimate of drug-likeness (QED) is 0.726. The Morgan fingerprint density at radius 2 is 1.75 bits per heavy atom. The number of para-hydroxylation sites is 1. The summed E-state index contributed by atoms with van der Waals surface area (Å²) in [6, 6.07) is 17.9. The molecule has 0 aliphatic heterocycles. The van der Waals surface area contributed by atoms with Gasteiger partial charge in [0.1, 0.15) is 12.1 Å². The van der Waals surface area contributed by atoms with Crippen molar-refractivity contribution in [1.29, 1.82) is 0 Å². The Morgan fingerprint density at radius 1 is 1.00 bits per heavy atom. The molecule has 0 bridgehead atoms. The Morgan fingerprint density at radius 3 is 2.45 bits per heavy atom. The van der Waals surface area contributed by atoms with Crippen LogP contribution in [-0.4, -0.2) is 21.4 Å². The van der Waals surface area contributed by atoms with E-state index in [2.05, 4.69) is 10.2 Å². The minimum absolute atomic E-state index is 0.666. The van der Waals surface area contributed by atoms with E-state index in [9.17, 15) is 0 Å². The van der Waals surface area contributed by atoms with Gasteiger partial charge in [0, 0.05) is 11.3 Å². The predicted octanol–water partition coefficient (Wildman–Crippen LogP) is 3.33. The van der Waals surface area contributed by atoms with Crippen LogP contribution in [0.2, 0.25) is 0 Å². The molecule has 0 aliphatic rings. The minimum atomic E-state index is 0.666. The lowest BCUT2D eigenvalue weighted by Gasteiger charge is -2.07. The van der Waals surface area contributed by atoms with E-state index in [-0.39, 0.29) is 0 Å². The van der Waals surface area contributed by atoms with Crippen LogP contribution in [0.5, 0.6) is 5.75 Å². The highest BCUT2D eigenvalue weighted by molar-refractivity contribution is 5.59. The van der Waals surface area contributed by atoms with E-state index < -0.39 is 0 Å². The van der Waals surface area contributed by atoms with Gasteiger partial charge in [-0.15, -0.1) is 10.2 Å². The number of rotatable bonds is 4. The van der Waals surface area contributed by atoms with Crippen molar-refractivity contribution in [3.05, 3.63) is 60.9 Å². The molecule has 100 valence electrons. The third kappa shape index (κ3) is 2.40. The molecule has 0 N–H and O–H groups in total. The second-order valence-electron chi connectivity index (χ2n) is 4.32. The van der Waals surface area contributed by atoms with Gasteiger partial charge in [0.15, 0.2) is 5.82 Å². The third-order valence-corrected chi connectivity index (χ3v) is 3.01. The van der Waals surface area contributed by atoms with Gasteiger partial charge >= 0.3 is 0 Å². The molecule has 0 atom stereocenters. The first-order valence-corrected chi connectivity index (χ1v) is 6.57. The van der Waals surface area contributed by atoms with Gasteiger partial charge in [0.05, 0.1) is 6.61 Å². The topological polar surface area (TPSA) is 39.9 Å². The Hall–Kier alpha value is -2.62. The Kier molecular flexibility index (Phi) is 3.46. The molecule has 1 heterocycles. The van der Waals surface area contributed by atoms with Gasteiger partial charge in [0.25, 0.3) is 0 Å². The van der Waals surface area contributed by atoms with Crippen molar-refractivity contribution in [3.63, 3.8) is 0 Å². The molecular weight excluding hydrogens is 250 g/mol. The van der Waals surface area contributed by atoms with Crippen molar-refractivity contribution in [3.8, 4) is 22.8 Å². The van der Waals surface area contributed by atoms with Gasteiger partial charge < -0.3 is 4.74 Å². The SMILES string of the molecule is CCOc1ccc(-c2nncn2-c2ccccc2)cc1. The second kappa shape index (κ2) is 5.57. The molecule has 0 amide bonds. The lowest BCUT2D eigenvalue weighted by atomic mass is 10.2. The summed E-state index contributed by atoms with van der Waals surface area (Å²) in [5.74, 6) is 1.68. The van der Waals surface area contributed by atoms with Crippen LogP contribution in [0.15, 0.2) is 60.9 Å². The molecule has 0 aliphatic carbocycles. The lowest BCUT2D eigenvalue weighted by molar-refractivity contribution is 0.340. The van der Waals surface area contributed by atoms with Crippen LogP contribution < -0.4 is 4.74 Å². The van der Waals surface area contributed by atoms with Gasteiger partial charge in [-0.1, -0.05) is 18.2 Å². The number of benzene rings is 2. The highest BCUT2D eigenvalue weighted by Gasteiger charge is 2.08. The normalized spacial score (nSPS) is 10.4. The van der Waals surface area contributed by atoms with Crippen LogP contribution in [0.4, 0.5) is 0 Å². The maximum absolute atomic E-state index is 5.45. The third-order valence-electron chi connectivity index (χ3n) is 3.01. The van der Waals surface area contributed by atoms with E-state index in [1.807, 2.05) is 66.1 Å². The number of hydrogen-bond acceptors (Lipinski definition) is 3. The highest BCUT2D eigenvalue weighted by atomic mass is 16.5. The molecule has 0 unspecified atom stereocenters. The lowest BCUT2D eigenvalue weighted by Crippen LogP contribution is -1.96. The standard InChI is InChI=1S/C16H15N3O/c1-2-20-15-10-8-13(9-11-15)16-18-17-12-19(16)14-6-4-3-5-7-14/h3-12H,2H2,1H3. The monoisotopic (exact) mass is 265 g/mol. The molecule has 0 radical (unpaired) electrons. The van der Waals surface area contributed by atoms with E-state index in [4.69, 9.17) is 4.74 Å². The maximum atomic E-state index is 5.45. The Labute approximate surface area is 117 Å². The summed E-state index contributed by atoms with van der Waals surface area (Å²) >= 11 is 0. The average Bonchev–Trinajstić information content (AvgIpc) is 2.99. The molecule has 20 heavy (non-hydrogen) atoms. The minimum Gasteiger partial charge on any atom is -0.494 e. The molecule has 3 rings (SSSR count). The van der Waals surface area contributed by atoms with Gasteiger partial charge in [0.2, 0.25) is 0 Å². The first-order valence-electron chi connectivity index (χ1n) is 6.57. The summed E-state index contributed by atoms with van der Waals surface area (Å²) in [4.78, 5) is 0. The van der Waals surface area contributed by atoms with E-state index in [1.54, 1.807) is 6.33 Å². The summed E-state index contributed by atoms with van der Waals surface area (Å²) in [6.45, 7) is 2.64. The van der Waals surface area contributed by atoms with Gasteiger partial charge in [-0.3, -0.25) is 4.57 Å². The summed E-state index contributed by atoms with van der Waals surface area (Å²) in [5.41, 5.74) is 2.05. The molecule has 0 saturated carbocycles. The summed E-state index contributed by atoms with van der Waals surface area (Å²) in [7, 11) is 0. The molecule has 0 spiro atoms. The molecule has 2 aromatic carbocycles. The number of nitrogens with zero attached hydrogens (tertiary/aromatic N) is 3. The van der Waals surface area contributed by atoms with Crippen molar-refractivity contribution >= 4 is 0 Å². The highest BCUT2D eigenvalue weighted by Crippen LogP contribution is 2.22. The molecule has 4 heteroatoms. The largest absolute Gasteiger partial charge is 0.494 e. The fourth-order valence-electron chi connectivity index (χ4n) is 2.08. The predicted molar refractivity (Wildman–Crippen MR) is 78.0 cm³/mol. The van der Waals surface area contributed by atoms with Gasteiger partial charge in [-0.2, -0.15) is 0 Å². The van der Waals surface area contributed by atoms with Crippen LogP contribution in [0.3, 0.4) is 0 Å². The smallest absolute Gasteiger partial charge is 0.168 e. The van der Waals surface area contributed by atoms with Crippen molar-refractivity contribution in [2.45, 2.75) is 6.92 Å². The molecular formula is C16H15N3O. The van der Waals surface area contributed by atoms with Crippen LogP contribution >= 0.6 is 0 Å². The average molecular weight is 265 g/mol. The van der Waals surface area contributed by atoms with Crippen LogP contribution in [0, 0.1) is 0 Å². The van der Waals surface area contributed by atoms with Crippen LogP contribution in [0.1, 0.15) is 6.92 Å². The summed E-state index contributed by atoms with van der Waals surface area (Å²) in [6.07, 6.45) is 1.72. The van der Waals surface area contributed by atoms with Gasteiger partial charge in [-0.05, 0) is 43.3 Å². The molecule has 0 fully saturated rings. The van der Waals surface area contributed by atoms with E-state index in [0.717, 1.165) is 22.8 Å². The van der Waals surface area contributed by atoms with Crippen LogP contribution in [-0.2, 0) is 0 Å². The molecule has 4 nitrogen and oxygen atoms in total. The summed E-state index contributed by atoms with van der Waals surface area (Å²) in [5, 5.41) is 8.23. The zero-order chi connectivity index (χ0) is 13.8. The van der Waals surface area contributed by atoms with E-state index >= 15 is 0 Å². The first kappa shape index (κ1) is 12.4. The number of ether oxygens (including phenoxy) is 1. The summed E-state index contributed by atoms with van der Waals surface area (Å²) < 4.78 is 7.42. The zero-order valence-electron chi connectivity index (χ0n) is 11.2. The molecule has 0 saturated heterocycles. The second-order valence-corrected chi connectivity index (χ2v) is 4.32. The fourth-order valence-corrected chi connectivity index (χ4v) is 2.08. The zero-order valence-corrected chi connectivity index (χ0v) is 11.2. The van der Waals surface area contributed by atoms with Crippen molar-refractivity contribution in [2.24, 2.45) is 0 Å². The van der Waals surface area contributed by atoms with Crippen molar-refractivity contribution in [1.82, 2.24) is 14.8 Å². The number of aromatic nitrogens is 3. The number of hydrogen-bond donors (Lipinski definition) is 0.